The third-order valence-corrected chi connectivity index (χ3v) is 2.96. The van der Waals surface area contributed by atoms with Crippen LogP contribution in [0.1, 0.15) is 28.8 Å². The molecule has 20 heavy (non-hydrogen) atoms. The minimum atomic E-state index is -4.57. The van der Waals surface area contributed by atoms with Crippen LogP contribution >= 0.6 is 0 Å². The molecule has 0 unspecified atom stereocenters. The second kappa shape index (κ2) is 5.15. The van der Waals surface area contributed by atoms with E-state index in [0.29, 0.717) is 6.07 Å². The second-order valence-electron chi connectivity index (χ2n) is 4.51. The molecule has 7 heteroatoms. The molecule has 0 saturated heterocycles. The lowest BCUT2D eigenvalue weighted by Gasteiger charge is -2.13. The van der Waals surface area contributed by atoms with E-state index in [9.17, 15) is 22.8 Å². The maximum Gasteiger partial charge on any atom is 0.416 e. The van der Waals surface area contributed by atoms with Crippen LogP contribution in [-0.2, 0) is 15.7 Å². The largest absolute Gasteiger partial charge is 0.465 e. The number of esters is 1. The summed E-state index contributed by atoms with van der Waals surface area (Å²) in [5, 5.41) is 2.46. The van der Waals surface area contributed by atoms with Crippen LogP contribution < -0.4 is 5.32 Å². The topological polar surface area (TPSA) is 55.4 Å². The summed E-state index contributed by atoms with van der Waals surface area (Å²) >= 11 is 0. The number of rotatable bonds is 3. The zero-order chi connectivity index (χ0) is 14.9. The number of carbonyl (C=O) groups is 2. The van der Waals surface area contributed by atoms with E-state index in [1.54, 1.807) is 0 Å². The fourth-order valence-corrected chi connectivity index (χ4v) is 1.69. The van der Waals surface area contributed by atoms with Crippen molar-refractivity contribution in [3.8, 4) is 0 Å². The number of alkyl halides is 3. The number of carbonyl (C=O) groups excluding carboxylic acids is 2. The fraction of sp³-hybridized carbons (Fsp3) is 0.385. The van der Waals surface area contributed by atoms with Crippen molar-refractivity contribution in [2.24, 2.45) is 5.92 Å². The number of hydrogen-bond acceptors (Lipinski definition) is 3. The predicted octanol–water partition coefficient (Wildman–Crippen LogP) is 2.84. The fourth-order valence-electron chi connectivity index (χ4n) is 1.69. The number of amides is 1. The smallest absolute Gasteiger partial charge is 0.416 e. The zero-order valence-corrected chi connectivity index (χ0v) is 10.6. The Morgan fingerprint density at radius 2 is 1.95 bits per heavy atom. The van der Waals surface area contributed by atoms with Crippen molar-refractivity contribution in [1.82, 2.24) is 0 Å². The van der Waals surface area contributed by atoms with Gasteiger partial charge in [-0.25, -0.2) is 4.79 Å². The Labute approximate surface area is 112 Å². The summed E-state index contributed by atoms with van der Waals surface area (Å²) in [6, 6.07) is 2.55. The van der Waals surface area contributed by atoms with Crippen molar-refractivity contribution >= 4 is 17.6 Å². The van der Waals surface area contributed by atoms with E-state index in [-0.39, 0.29) is 23.1 Å². The molecule has 1 fully saturated rings. The van der Waals surface area contributed by atoms with Gasteiger partial charge in [-0.2, -0.15) is 13.2 Å². The van der Waals surface area contributed by atoms with Gasteiger partial charge in [-0.1, -0.05) is 0 Å². The minimum absolute atomic E-state index is 0.0294. The average molecular weight is 287 g/mol. The van der Waals surface area contributed by atoms with Gasteiger partial charge < -0.3 is 10.1 Å². The molecule has 0 aliphatic heterocycles. The highest BCUT2D eigenvalue weighted by Gasteiger charge is 2.33. The van der Waals surface area contributed by atoms with Gasteiger partial charge in [0.15, 0.2) is 0 Å². The van der Waals surface area contributed by atoms with E-state index in [1.165, 1.54) is 0 Å². The molecule has 1 aromatic carbocycles. The van der Waals surface area contributed by atoms with Gasteiger partial charge in [0.05, 0.1) is 23.9 Å². The lowest BCUT2D eigenvalue weighted by Crippen LogP contribution is -2.17. The number of ether oxygens (including phenoxy) is 1. The molecule has 0 atom stereocenters. The monoisotopic (exact) mass is 287 g/mol. The third-order valence-electron chi connectivity index (χ3n) is 2.96. The molecule has 1 saturated carbocycles. The van der Waals surface area contributed by atoms with Crippen LogP contribution in [0.3, 0.4) is 0 Å². The molecule has 1 aliphatic rings. The van der Waals surface area contributed by atoms with Gasteiger partial charge in [0.25, 0.3) is 0 Å². The first kappa shape index (κ1) is 14.4. The molecule has 1 amide bonds. The minimum Gasteiger partial charge on any atom is -0.465 e. The van der Waals surface area contributed by atoms with Crippen molar-refractivity contribution in [2.75, 3.05) is 12.4 Å². The molecular formula is C13H12F3NO3. The van der Waals surface area contributed by atoms with E-state index < -0.39 is 17.7 Å². The number of methoxy groups -OCH3 is 1. The summed E-state index contributed by atoms with van der Waals surface area (Å²) in [4.78, 5) is 23.2. The highest BCUT2D eigenvalue weighted by Crippen LogP contribution is 2.34. The average Bonchev–Trinajstić information content (AvgIpc) is 3.21. The van der Waals surface area contributed by atoms with Gasteiger partial charge in [-0.05, 0) is 31.0 Å². The molecule has 1 aromatic rings. The summed E-state index contributed by atoms with van der Waals surface area (Å²) in [6.07, 6.45) is -3.07. The van der Waals surface area contributed by atoms with E-state index in [4.69, 9.17) is 0 Å². The van der Waals surface area contributed by atoms with Crippen LogP contribution in [0.5, 0.6) is 0 Å². The van der Waals surface area contributed by atoms with Crippen LogP contribution in [0.4, 0.5) is 18.9 Å². The Bertz CT molecular complexity index is 550. The van der Waals surface area contributed by atoms with Gasteiger partial charge in [-0.15, -0.1) is 0 Å². The molecule has 0 spiro atoms. The third kappa shape index (κ3) is 3.09. The lowest BCUT2D eigenvalue weighted by atomic mass is 10.1. The molecule has 1 aliphatic carbocycles. The normalized spacial score (nSPS) is 14.8. The predicted molar refractivity (Wildman–Crippen MR) is 64.1 cm³/mol. The number of anilines is 1. The molecule has 108 valence electrons. The zero-order valence-electron chi connectivity index (χ0n) is 10.6. The lowest BCUT2D eigenvalue weighted by molar-refractivity contribution is -0.137. The molecular weight excluding hydrogens is 275 g/mol. The van der Waals surface area contributed by atoms with Crippen LogP contribution in [0, 0.1) is 5.92 Å². The SMILES string of the molecule is COC(=O)c1cc(C(F)(F)F)ccc1NC(=O)C1CC1. The van der Waals surface area contributed by atoms with Gasteiger partial charge in [0.2, 0.25) is 5.91 Å². The maximum absolute atomic E-state index is 12.6. The van der Waals surface area contributed by atoms with E-state index >= 15 is 0 Å². The molecule has 0 radical (unpaired) electrons. The van der Waals surface area contributed by atoms with Crippen molar-refractivity contribution in [3.63, 3.8) is 0 Å². The number of benzene rings is 1. The summed E-state index contributed by atoms with van der Waals surface area (Å²) in [5.74, 6) is -1.35. The van der Waals surface area contributed by atoms with Gasteiger partial charge in [0.1, 0.15) is 0 Å². The molecule has 0 heterocycles. The van der Waals surface area contributed by atoms with Crippen LogP contribution in [-0.4, -0.2) is 19.0 Å². The Balaban J connectivity index is 2.34. The summed E-state index contributed by atoms with van der Waals surface area (Å²) in [7, 11) is 1.06. The van der Waals surface area contributed by atoms with Gasteiger partial charge in [0, 0.05) is 5.92 Å². The van der Waals surface area contributed by atoms with Crippen molar-refractivity contribution in [2.45, 2.75) is 19.0 Å². The van der Waals surface area contributed by atoms with Crippen LogP contribution in [0.25, 0.3) is 0 Å². The van der Waals surface area contributed by atoms with E-state index in [0.717, 1.165) is 32.1 Å². The van der Waals surface area contributed by atoms with E-state index in [2.05, 4.69) is 10.1 Å². The van der Waals surface area contributed by atoms with Gasteiger partial charge >= 0.3 is 12.1 Å². The van der Waals surface area contributed by atoms with Crippen molar-refractivity contribution in [1.29, 1.82) is 0 Å². The van der Waals surface area contributed by atoms with Crippen molar-refractivity contribution in [3.05, 3.63) is 29.3 Å². The summed E-state index contributed by atoms with van der Waals surface area (Å²) in [5.41, 5.74) is -1.25. The first-order chi connectivity index (χ1) is 9.32. The molecule has 1 N–H and O–H groups in total. The number of halogens is 3. The first-order valence-electron chi connectivity index (χ1n) is 5.93. The van der Waals surface area contributed by atoms with Crippen LogP contribution in [0.15, 0.2) is 18.2 Å². The Kier molecular flexibility index (Phi) is 3.69. The van der Waals surface area contributed by atoms with Crippen LogP contribution in [0.2, 0.25) is 0 Å². The first-order valence-corrected chi connectivity index (χ1v) is 5.93. The maximum atomic E-state index is 12.6. The summed E-state index contributed by atoms with van der Waals surface area (Å²) < 4.78 is 42.3. The van der Waals surface area contributed by atoms with E-state index in [1.807, 2.05) is 0 Å². The van der Waals surface area contributed by atoms with Gasteiger partial charge in [-0.3, -0.25) is 4.79 Å². The van der Waals surface area contributed by atoms with Crippen molar-refractivity contribution < 1.29 is 27.5 Å². The summed E-state index contributed by atoms with van der Waals surface area (Å²) in [6.45, 7) is 0. The Morgan fingerprint density at radius 1 is 1.30 bits per heavy atom. The second-order valence-corrected chi connectivity index (χ2v) is 4.51. The highest BCUT2D eigenvalue weighted by atomic mass is 19.4. The molecule has 2 rings (SSSR count). The Hall–Kier alpha value is -2.05. The highest BCUT2D eigenvalue weighted by molar-refractivity contribution is 6.02. The number of hydrogen-bond donors (Lipinski definition) is 1. The molecule has 0 aromatic heterocycles. The Morgan fingerprint density at radius 3 is 2.45 bits per heavy atom. The molecule has 4 nitrogen and oxygen atoms in total. The quantitative estimate of drug-likeness (QED) is 0.870. The molecule has 0 bridgehead atoms. The standard InChI is InChI=1S/C13H12F3NO3/c1-20-12(19)9-6-8(13(14,15)16)4-5-10(9)17-11(18)7-2-3-7/h4-7H,2-3H2,1H3,(H,17,18). The number of nitrogens with one attached hydrogen (secondary N) is 1.